The molecule has 0 aromatic carbocycles. The molecule has 0 spiro atoms. The summed E-state index contributed by atoms with van der Waals surface area (Å²) >= 11 is 1.47. The van der Waals surface area contributed by atoms with Crippen molar-refractivity contribution in [1.82, 2.24) is 21.3 Å². The predicted molar refractivity (Wildman–Crippen MR) is 112 cm³/mol. The minimum absolute atomic E-state index is 0.0589. The molecule has 30 heavy (non-hydrogen) atoms. The first-order valence-electron chi connectivity index (χ1n) is 10.7. The molecule has 4 rings (SSSR count). The lowest BCUT2D eigenvalue weighted by Crippen LogP contribution is -2.52. The van der Waals surface area contributed by atoms with Gasteiger partial charge in [0.2, 0.25) is 17.7 Å². The topological polar surface area (TPSA) is 116 Å². The summed E-state index contributed by atoms with van der Waals surface area (Å²) in [7, 11) is 0. The van der Waals surface area contributed by atoms with Gasteiger partial charge in [-0.05, 0) is 67.9 Å². The molecular formula is C21H28N4O4S. The molecule has 3 atom stereocenters. The normalized spacial score (nSPS) is 22.7. The third kappa shape index (κ3) is 5.00. The van der Waals surface area contributed by atoms with Gasteiger partial charge in [0.1, 0.15) is 12.1 Å². The van der Waals surface area contributed by atoms with Gasteiger partial charge < -0.3 is 21.3 Å². The lowest BCUT2D eigenvalue weighted by molar-refractivity contribution is -0.130. The molecule has 1 unspecified atom stereocenters. The molecule has 9 heteroatoms. The van der Waals surface area contributed by atoms with Crippen LogP contribution in [0.4, 0.5) is 0 Å². The van der Waals surface area contributed by atoms with E-state index in [0.717, 1.165) is 36.1 Å². The Balaban J connectivity index is 1.26. The second-order valence-corrected chi connectivity index (χ2v) is 9.45. The van der Waals surface area contributed by atoms with Crippen molar-refractivity contribution in [2.45, 2.75) is 69.5 Å². The number of carbonyl (C=O) groups is 4. The Hall–Kier alpha value is -2.42. The van der Waals surface area contributed by atoms with Gasteiger partial charge in [0.25, 0.3) is 5.91 Å². The molecule has 3 fully saturated rings. The van der Waals surface area contributed by atoms with Crippen molar-refractivity contribution in [3.8, 4) is 0 Å². The summed E-state index contributed by atoms with van der Waals surface area (Å²) in [6.07, 6.45) is 5.14. The molecule has 0 bridgehead atoms. The maximum Gasteiger partial charge on any atom is 0.261 e. The minimum atomic E-state index is -0.718. The molecular weight excluding hydrogens is 404 g/mol. The Morgan fingerprint density at radius 3 is 2.57 bits per heavy atom. The fraction of sp³-hybridized carbons (Fsp3) is 0.619. The van der Waals surface area contributed by atoms with E-state index in [4.69, 9.17) is 0 Å². The quantitative estimate of drug-likeness (QED) is 0.466. The van der Waals surface area contributed by atoms with Gasteiger partial charge in [-0.15, -0.1) is 11.3 Å². The summed E-state index contributed by atoms with van der Waals surface area (Å²) < 4.78 is 0. The standard InChI is InChI=1S/C21H28N4O4S/c1-11(23-20(28)15-6-7-17(26)24-15)19(27)22-10-16(13-4-5-13)25-21(29)18-14(8-9-30-18)12-2-3-12/h8-9,11-13,15-16H,2-7,10H2,1H3,(H,22,27)(H,23,28)(H,24,26)(H,25,29)/t11-,15+,16?/m1/s1. The summed E-state index contributed by atoms with van der Waals surface area (Å²) in [5.74, 6) is 0.0350. The van der Waals surface area contributed by atoms with Crippen LogP contribution in [-0.4, -0.2) is 48.3 Å². The van der Waals surface area contributed by atoms with Crippen LogP contribution >= 0.6 is 11.3 Å². The maximum absolute atomic E-state index is 12.8. The fourth-order valence-electron chi connectivity index (χ4n) is 3.84. The summed E-state index contributed by atoms with van der Waals surface area (Å²) in [4.78, 5) is 49.5. The molecule has 4 amide bonds. The van der Waals surface area contributed by atoms with Crippen LogP contribution in [0.5, 0.6) is 0 Å². The number of carbonyl (C=O) groups excluding carboxylic acids is 4. The van der Waals surface area contributed by atoms with Crippen molar-refractivity contribution >= 4 is 35.0 Å². The Labute approximate surface area is 179 Å². The predicted octanol–water partition coefficient (Wildman–Crippen LogP) is 1.03. The molecule has 1 aromatic heterocycles. The van der Waals surface area contributed by atoms with Crippen LogP contribution in [0.1, 0.15) is 66.6 Å². The van der Waals surface area contributed by atoms with E-state index in [1.807, 2.05) is 11.4 Å². The van der Waals surface area contributed by atoms with E-state index in [1.54, 1.807) is 6.92 Å². The zero-order valence-corrected chi connectivity index (χ0v) is 17.8. The van der Waals surface area contributed by atoms with Crippen molar-refractivity contribution in [3.05, 3.63) is 21.9 Å². The number of amides is 4. The molecule has 1 aromatic rings. The second kappa shape index (κ2) is 8.75. The zero-order valence-electron chi connectivity index (χ0n) is 17.0. The third-order valence-corrected chi connectivity index (χ3v) is 6.92. The Bertz CT molecular complexity index is 846. The largest absolute Gasteiger partial charge is 0.352 e. The van der Waals surface area contributed by atoms with Crippen LogP contribution in [0.3, 0.4) is 0 Å². The number of rotatable bonds is 9. The SMILES string of the molecule is C[C@@H](NC(=O)[C@@H]1CCC(=O)N1)C(=O)NCC(NC(=O)c1sccc1C1CC1)C1CC1. The highest BCUT2D eigenvalue weighted by molar-refractivity contribution is 7.12. The molecule has 2 aliphatic carbocycles. The molecule has 1 saturated heterocycles. The highest BCUT2D eigenvalue weighted by atomic mass is 32.1. The van der Waals surface area contributed by atoms with E-state index >= 15 is 0 Å². The van der Waals surface area contributed by atoms with Gasteiger partial charge in [0, 0.05) is 19.0 Å². The summed E-state index contributed by atoms with van der Waals surface area (Å²) in [6.45, 7) is 1.95. The van der Waals surface area contributed by atoms with Crippen molar-refractivity contribution in [2.75, 3.05) is 6.54 Å². The number of hydrogen-bond donors (Lipinski definition) is 4. The third-order valence-electron chi connectivity index (χ3n) is 5.99. The van der Waals surface area contributed by atoms with E-state index in [1.165, 1.54) is 11.3 Å². The zero-order chi connectivity index (χ0) is 21.3. The summed E-state index contributed by atoms with van der Waals surface area (Å²) in [5, 5.41) is 13.2. The highest BCUT2D eigenvalue weighted by Gasteiger charge is 2.35. The van der Waals surface area contributed by atoms with Gasteiger partial charge in [-0.2, -0.15) is 0 Å². The van der Waals surface area contributed by atoms with E-state index in [-0.39, 0.29) is 29.7 Å². The lowest BCUT2D eigenvalue weighted by atomic mass is 10.1. The lowest BCUT2D eigenvalue weighted by Gasteiger charge is -2.21. The van der Waals surface area contributed by atoms with Crippen LogP contribution < -0.4 is 21.3 Å². The number of nitrogens with one attached hydrogen (secondary N) is 4. The number of thiophene rings is 1. The molecule has 1 aliphatic heterocycles. The summed E-state index contributed by atoms with van der Waals surface area (Å²) in [6, 6.07) is 0.636. The summed E-state index contributed by atoms with van der Waals surface area (Å²) in [5.41, 5.74) is 1.14. The van der Waals surface area contributed by atoms with Gasteiger partial charge in [0.05, 0.1) is 4.88 Å². The van der Waals surface area contributed by atoms with Crippen LogP contribution in [0.25, 0.3) is 0 Å². The Morgan fingerprint density at radius 1 is 1.17 bits per heavy atom. The van der Waals surface area contributed by atoms with E-state index in [0.29, 0.717) is 31.2 Å². The van der Waals surface area contributed by atoms with Crippen LogP contribution in [0.15, 0.2) is 11.4 Å². The molecule has 162 valence electrons. The van der Waals surface area contributed by atoms with E-state index in [2.05, 4.69) is 21.3 Å². The average Bonchev–Trinajstić information content (AvgIpc) is 3.65. The van der Waals surface area contributed by atoms with Crippen LogP contribution in [0.2, 0.25) is 0 Å². The molecule has 8 nitrogen and oxygen atoms in total. The monoisotopic (exact) mass is 432 g/mol. The van der Waals surface area contributed by atoms with Crippen molar-refractivity contribution in [3.63, 3.8) is 0 Å². The second-order valence-electron chi connectivity index (χ2n) is 8.53. The molecule has 2 saturated carbocycles. The molecule has 2 heterocycles. The van der Waals surface area contributed by atoms with Gasteiger partial charge in [-0.1, -0.05) is 0 Å². The first kappa shape index (κ1) is 20.8. The molecule has 4 N–H and O–H groups in total. The average molecular weight is 433 g/mol. The van der Waals surface area contributed by atoms with Crippen LogP contribution in [-0.2, 0) is 14.4 Å². The maximum atomic E-state index is 12.8. The van der Waals surface area contributed by atoms with Gasteiger partial charge >= 0.3 is 0 Å². The highest BCUT2D eigenvalue weighted by Crippen LogP contribution is 2.43. The van der Waals surface area contributed by atoms with Gasteiger partial charge in [-0.25, -0.2) is 0 Å². The van der Waals surface area contributed by atoms with Crippen molar-refractivity contribution in [1.29, 1.82) is 0 Å². The minimum Gasteiger partial charge on any atom is -0.352 e. The van der Waals surface area contributed by atoms with Crippen molar-refractivity contribution in [2.24, 2.45) is 5.92 Å². The van der Waals surface area contributed by atoms with Crippen molar-refractivity contribution < 1.29 is 19.2 Å². The first-order chi connectivity index (χ1) is 14.4. The molecule has 3 aliphatic rings. The van der Waals surface area contributed by atoms with Gasteiger partial charge in [0.15, 0.2) is 0 Å². The van der Waals surface area contributed by atoms with E-state index < -0.39 is 12.1 Å². The van der Waals surface area contributed by atoms with E-state index in [9.17, 15) is 19.2 Å². The first-order valence-corrected chi connectivity index (χ1v) is 11.6. The molecule has 0 radical (unpaired) electrons. The van der Waals surface area contributed by atoms with Gasteiger partial charge in [-0.3, -0.25) is 19.2 Å². The fourth-order valence-corrected chi connectivity index (χ4v) is 4.73. The Kier molecular flexibility index (Phi) is 6.08. The smallest absolute Gasteiger partial charge is 0.261 e. The number of hydrogen-bond acceptors (Lipinski definition) is 5. The van der Waals surface area contributed by atoms with Crippen LogP contribution in [0, 0.1) is 5.92 Å². The Morgan fingerprint density at radius 2 is 1.93 bits per heavy atom.